The minimum atomic E-state index is -0.800. The molecular formula is C28H32ClN5O3. The number of aliphatic hydroxyl groups excluding tert-OH is 1. The van der Waals surface area contributed by atoms with Gasteiger partial charge < -0.3 is 30.0 Å². The first-order valence-corrected chi connectivity index (χ1v) is 13.0. The maximum Gasteiger partial charge on any atom is 0.261 e. The lowest BCUT2D eigenvalue weighted by Crippen LogP contribution is -2.42. The molecule has 2 unspecified atom stereocenters. The topological polar surface area (TPSA) is 106 Å². The number of aromatic nitrogens is 3. The van der Waals surface area contributed by atoms with Crippen LogP contribution in [-0.4, -0.2) is 52.4 Å². The molecule has 37 heavy (non-hydrogen) atoms. The number of ether oxygens (including phenoxy) is 1. The van der Waals surface area contributed by atoms with Gasteiger partial charge in [-0.1, -0.05) is 30.7 Å². The highest BCUT2D eigenvalue weighted by atomic mass is 35.5. The first-order valence-electron chi connectivity index (χ1n) is 12.6. The standard InChI is InChI=1S/C28H32ClN5O3/c1-4-20-15-34(9-10-37-20)19-11-17(3)26-23(13-19)32-27(33-26)25-22(7-8-30-28(25)36)31-14-24(35)18-6-5-16(2)21(29)12-18/h5-8,11-13,20,24,35H,4,9-10,14-15H2,1-3H3,(H,32,33)(H2,30,31,36). The molecule has 1 fully saturated rings. The SMILES string of the molecule is CCC1CN(c2cc(C)c3nc(-c4c(NCC(O)c5ccc(C)c(Cl)c5)cc[nH]c4=O)[nH]c3c2)CCO1. The van der Waals surface area contributed by atoms with E-state index in [4.69, 9.17) is 21.3 Å². The number of pyridine rings is 1. The monoisotopic (exact) mass is 521 g/mol. The number of fused-ring (bicyclic) bond motifs is 1. The second-order valence-electron chi connectivity index (χ2n) is 9.59. The van der Waals surface area contributed by atoms with Gasteiger partial charge in [0.2, 0.25) is 0 Å². The van der Waals surface area contributed by atoms with Crippen LogP contribution in [0.4, 0.5) is 11.4 Å². The highest BCUT2D eigenvalue weighted by molar-refractivity contribution is 6.31. The lowest BCUT2D eigenvalue weighted by atomic mass is 10.1. The Morgan fingerprint density at radius 2 is 2.08 bits per heavy atom. The number of aromatic amines is 2. The molecule has 0 bridgehead atoms. The van der Waals surface area contributed by atoms with E-state index >= 15 is 0 Å². The molecule has 1 aliphatic rings. The highest BCUT2D eigenvalue weighted by Gasteiger charge is 2.22. The Bertz CT molecular complexity index is 1480. The summed E-state index contributed by atoms with van der Waals surface area (Å²) in [5, 5.41) is 14.6. The van der Waals surface area contributed by atoms with E-state index in [1.165, 1.54) is 0 Å². The number of nitrogens with zero attached hydrogens (tertiary/aromatic N) is 2. The Hall–Kier alpha value is -3.33. The van der Waals surface area contributed by atoms with Gasteiger partial charge in [-0.2, -0.15) is 0 Å². The number of hydrogen-bond donors (Lipinski definition) is 4. The van der Waals surface area contributed by atoms with Gasteiger partial charge in [-0.05, 0) is 61.2 Å². The van der Waals surface area contributed by atoms with Crippen molar-refractivity contribution in [2.24, 2.45) is 0 Å². The van der Waals surface area contributed by atoms with Crippen LogP contribution in [0.25, 0.3) is 22.4 Å². The zero-order valence-electron chi connectivity index (χ0n) is 21.3. The molecule has 0 aliphatic carbocycles. The molecule has 194 valence electrons. The Morgan fingerprint density at radius 1 is 1.24 bits per heavy atom. The van der Waals surface area contributed by atoms with Crippen LogP contribution < -0.4 is 15.8 Å². The van der Waals surface area contributed by atoms with Crippen molar-refractivity contribution in [1.29, 1.82) is 0 Å². The van der Waals surface area contributed by atoms with Gasteiger partial charge in [-0.25, -0.2) is 4.98 Å². The largest absolute Gasteiger partial charge is 0.387 e. The average molecular weight is 522 g/mol. The molecule has 1 aliphatic heterocycles. The average Bonchev–Trinajstić information content (AvgIpc) is 3.33. The minimum absolute atomic E-state index is 0.203. The van der Waals surface area contributed by atoms with Crippen molar-refractivity contribution in [1.82, 2.24) is 15.0 Å². The fourth-order valence-electron chi connectivity index (χ4n) is 4.78. The summed E-state index contributed by atoms with van der Waals surface area (Å²) < 4.78 is 5.83. The summed E-state index contributed by atoms with van der Waals surface area (Å²) in [4.78, 5) is 26.2. The van der Waals surface area contributed by atoms with Gasteiger partial charge in [0.15, 0.2) is 0 Å². The van der Waals surface area contributed by atoms with Crippen LogP contribution in [-0.2, 0) is 4.74 Å². The quantitative estimate of drug-likeness (QED) is 0.274. The van der Waals surface area contributed by atoms with Crippen LogP contribution in [0.3, 0.4) is 0 Å². The molecule has 4 N–H and O–H groups in total. The molecule has 5 rings (SSSR count). The summed E-state index contributed by atoms with van der Waals surface area (Å²) in [7, 11) is 0. The molecule has 8 nitrogen and oxygen atoms in total. The molecule has 0 radical (unpaired) electrons. The maximum atomic E-state index is 12.9. The Kier molecular flexibility index (Phi) is 7.24. The van der Waals surface area contributed by atoms with Crippen molar-refractivity contribution in [2.75, 3.05) is 36.5 Å². The van der Waals surface area contributed by atoms with Crippen LogP contribution in [0.15, 0.2) is 47.4 Å². The second kappa shape index (κ2) is 10.6. The third kappa shape index (κ3) is 5.23. The van der Waals surface area contributed by atoms with Crippen LogP contribution in [0.2, 0.25) is 5.02 Å². The number of imidazole rings is 1. The zero-order chi connectivity index (χ0) is 26.1. The first-order chi connectivity index (χ1) is 17.8. The maximum absolute atomic E-state index is 12.9. The van der Waals surface area contributed by atoms with Crippen LogP contribution in [0, 0.1) is 13.8 Å². The highest BCUT2D eigenvalue weighted by Crippen LogP contribution is 2.30. The Labute approximate surface area is 220 Å². The van der Waals surface area contributed by atoms with Crippen LogP contribution in [0.5, 0.6) is 0 Å². The third-order valence-corrected chi connectivity index (χ3v) is 7.39. The number of nitrogens with one attached hydrogen (secondary N) is 3. The van der Waals surface area contributed by atoms with E-state index < -0.39 is 6.10 Å². The zero-order valence-corrected chi connectivity index (χ0v) is 22.0. The molecule has 9 heteroatoms. The van der Waals surface area contributed by atoms with Gasteiger partial charge in [0.05, 0.1) is 35.5 Å². The Balaban J connectivity index is 1.43. The number of halogens is 1. The summed E-state index contributed by atoms with van der Waals surface area (Å²) in [6, 6.07) is 11.5. The predicted octanol–water partition coefficient (Wildman–Crippen LogP) is 4.95. The van der Waals surface area contributed by atoms with E-state index in [-0.39, 0.29) is 18.2 Å². The number of hydrogen-bond acceptors (Lipinski definition) is 6. The number of benzene rings is 2. The molecular weight excluding hydrogens is 490 g/mol. The molecule has 2 aromatic carbocycles. The van der Waals surface area contributed by atoms with Crippen LogP contribution in [0.1, 0.15) is 36.1 Å². The predicted molar refractivity (Wildman–Crippen MR) is 149 cm³/mol. The van der Waals surface area contributed by atoms with Gasteiger partial charge in [0.1, 0.15) is 11.4 Å². The molecule has 4 aromatic rings. The fraction of sp³-hybridized carbons (Fsp3) is 0.357. The lowest BCUT2D eigenvalue weighted by molar-refractivity contribution is 0.0384. The fourth-order valence-corrected chi connectivity index (χ4v) is 4.96. The summed E-state index contributed by atoms with van der Waals surface area (Å²) in [5.41, 5.74) is 6.19. The van der Waals surface area contributed by atoms with Crippen LogP contribution >= 0.6 is 11.6 Å². The number of H-pyrrole nitrogens is 2. The van der Waals surface area contributed by atoms with Crippen molar-refractivity contribution in [2.45, 2.75) is 39.4 Å². The molecule has 2 aromatic heterocycles. The summed E-state index contributed by atoms with van der Waals surface area (Å²) in [6.45, 7) is 8.69. The van der Waals surface area contributed by atoms with Crippen molar-refractivity contribution in [3.8, 4) is 11.4 Å². The van der Waals surface area contributed by atoms with E-state index in [2.05, 4.69) is 39.2 Å². The van der Waals surface area contributed by atoms with E-state index in [1.807, 2.05) is 26.0 Å². The second-order valence-corrected chi connectivity index (χ2v) is 10.00. The third-order valence-electron chi connectivity index (χ3n) is 6.99. The van der Waals surface area contributed by atoms with E-state index in [0.717, 1.165) is 47.4 Å². The van der Waals surface area contributed by atoms with Gasteiger partial charge >= 0.3 is 0 Å². The summed E-state index contributed by atoms with van der Waals surface area (Å²) in [5.74, 6) is 0.473. The number of rotatable bonds is 7. The number of aliphatic hydroxyl groups is 1. The molecule has 0 spiro atoms. The number of anilines is 2. The van der Waals surface area contributed by atoms with Crippen molar-refractivity contribution in [3.63, 3.8) is 0 Å². The lowest BCUT2D eigenvalue weighted by Gasteiger charge is -2.34. The number of aryl methyl sites for hydroxylation is 2. The normalized spacial score (nSPS) is 16.8. The summed E-state index contributed by atoms with van der Waals surface area (Å²) >= 11 is 6.23. The smallest absolute Gasteiger partial charge is 0.261 e. The van der Waals surface area contributed by atoms with E-state index in [0.29, 0.717) is 34.3 Å². The molecule has 0 saturated carbocycles. The molecule has 3 heterocycles. The van der Waals surface area contributed by atoms with E-state index in [1.54, 1.807) is 18.3 Å². The molecule has 2 atom stereocenters. The summed E-state index contributed by atoms with van der Waals surface area (Å²) in [6.07, 6.45) is 1.98. The minimum Gasteiger partial charge on any atom is -0.387 e. The van der Waals surface area contributed by atoms with Crippen molar-refractivity contribution < 1.29 is 9.84 Å². The van der Waals surface area contributed by atoms with E-state index in [9.17, 15) is 9.90 Å². The van der Waals surface area contributed by atoms with Gasteiger partial charge in [0.25, 0.3) is 5.56 Å². The Morgan fingerprint density at radius 3 is 2.86 bits per heavy atom. The number of morpholine rings is 1. The first kappa shape index (κ1) is 25.3. The molecule has 1 saturated heterocycles. The molecule has 0 amide bonds. The van der Waals surface area contributed by atoms with Crippen molar-refractivity contribution >= 4 is 34.0 Å². The van der Waals surface area contributed by atoms with Crippen molar-refractivity contribution in [3.05, 3.63) is 74.7 Å². The van der Waals surface area contributed by atoms with Gasteiger partial charge in [-0.3, -0.25) is 4.79 Å². The van der Waals surface area contributed by atoms with Gasteiger partial charge in [0, 0.05) is 36.5 Å². The van der Waals surface area contributed by atoms with Gasteiger partial charge in [-0.15, -0.1) is 0 Å².